The van der Waals surface area contributed by atoms with E-state index in [1.807, 2.05) is 12.1 Å². The van der Waals surface area contributed by atoms with Crippen LogP contribution in [0.1, 0.15) is 19.8 Å². The molecule has 1 saturated carbocycles. The van der Waals surface area contributed by atoms with Crippen molar-refractivity contribution in [1.82, 2.24) is 4.98 Å². The van der Waals surface area contributed by atoms with Crippen LogP contribution in [0.5, 0.6) is 5.88 Å². The summed E-state index contributed by atoms with van der Waals surface area (Å²) in [6.07, 6.45) is 4.58. The van der Waals surface area contributed by atoms with Gasteiger partial charge in [-0.2, -0.15) is 0 Å². The molecule has 1 fully saturated rings. The Morgan fingerprint density at radius 2 is 2.40 bits per heavy atom. The molecule has 0 aromatic carbocycles. The van der Waals surface area contributed by atoms with E-state index >= 15 is 0 Å². The third kappa shape index (κ3) is 2.85. The molecule has 15 heavy (non-hydrogen) atoms. The summed E-state index contributed by atoms with van der Waals surface area (Å²) in [6.45, 7) is 3.35. The van der Waals surface area contributed by atoms with Crippen LogP contribution in [0.4, 0.5) is 5.69 Å². The number of rotatable bonds is 5. The molecule has 1 aliphatic rings. The molecular weight excluding hydrogens is 188 g/mol. The number of nitrogens with one attached hydrogen (secondary N) is 1. The van der Waals surface area contributed by atoms with Crippen molar-refractivity contribution in [2.45, 2.75) is 19.8 Å². The topological polar surface area (TPSA) is 34.1 Å². The smallest absolute Gasteiger partial charge is 0.214 e. The number of hydrogen-bond acceptors (Lipinski definition) is 3. The number of anilines is 1. The van der Waals surface area contributed by atoms with E-state index in [1.54, 1.807) is 13.3 Å². The maximum Gasteiger partial charge on any atom is 0.214 e. The van der Waals surface area contributed by atoms with Crippen LogP contribution in [0.15, 0.2) is 18.3 Å². The highest BCUT2D eigenvalue weighted by Crippen LogP contribution is 2.36. The molecule has 0 radical (unpaired) electrons. The molecular formula is C12H18N2O. The average molecular weight is 206 g/mol. The van der Waals surface area contributed by atoms with E-state index in [-0.39, 0.29) is 0 Å². The minimum Gasteiger partial charge on any atom is -0.481 e. The van der Waals surface area contributed by atoms with Crippen molar-refractivity contribution in [2.75, 3.05) is 19.0 Å². The van der Waals surface area contributed by atoms with Gasteiger partial charge < -0.3 is 10.1 Å². The van der Waals surface area contributed by atoms with Gasteiger partial charge in [-0.3, -0.25) is 0 Å². The van der Waals surface area contributed by atoms with Crippen molar-refractivity contribution >= 4 is 5.69 Å². The molecule has 1 aromatic rings. The highest BCUT2D eigenvalue weighted by atomic mass is 16.5. The molecule has 3 heteroatoms. The van der Waals surface area contributed by atoms with Gasteiger partial charge in [-0.05, 0) is 30.7 Å². The van der Waals surface area contributed by atoms with E-state index in [1.165, 1.54) is 12.8 Å². The number of hydrogen-bond donors (Lipinski definition) is 1. The molecule has 0 amide bonds. The van der Waals surface area contributed by atoms with E-state index in [4.69, 9.17) is 4.74 Å². The molecule has 0 aliphatic heterocycles. The normalized spacial score (nSPS) is 17.2. The molecule has 1 unspecified atom stereocenters. The summed E-state index contributed by atoms with van der Waals surface area (Å²) in [5.41, 5.74) is 1.09. The van der Waals surface area contributed by atoms with E-state index in [0.717, 1.165) is 24.1 Å². The Kier molecular flexibility index (Phi) is 3.09. The lowest BCUT2D eigenvalue weighted by atomic mass is 10.1. The summed E-state index contributed by atoms with van der Waals surface area (Å²) in [4.78, 5) is 4.07. The Hall–Kier alpha value is -1.25. The molecule has 1 N–H and O–H groups in total. The van der Waals surface area contributed by atoms with E-state index < -0.39 is 0 Å². The monoisotopic (exact) mass is 206 g/mol. The van der Waals surface area contributed by atoms with Crippen LogP contribution in [-0.2, 0) is 0 Å². The first-order valence-electron chi connectivity index (χ1n) is 5.53. The minimum absolute atomic E-state index is 0.666. The average Bonchev–Trinajstić information content (AvgIpc) is 3.10. The molecule has 0 bridgehead atoms. The Bertz CT molecular complexity index is 323. The summed E-state index contributed by atoms with van der Waals surface area (Å²) in [5.74, 6) is 2.38. The van der Waals surface area contributed by atoms with Gasteiger partial charge in [0.2, 0.25) is 5.88 Å². The fourth-order valence-electron chi connectivity index (χ4n) is 1.74. The van der Waals surface area contributed by atoms with Crippen molar-refractivity contribution in [3.63, 3.8) is 0 Å². The van der Waals surface area contributed by atoms with Gasteiger partial charge in [0.1, 0.15) is 0 Å². The van der Waals surface area contributed by atoms with Gasteiger partial charge in [0, 0.05) is 24.5 Å². The first-order chi connectivity index (χ1) is 7.29. The predicted octanol–water partition coefficient (Wildman–Crippen LogP) is 2.55. The van der Waals surface area contributed by atoms with Crippen LogP contribution in [0, 0.1) is 11.8 Å². The minimum atomic E-state index is 0.666. The fraction of sp³-hybridized carbons (Fsp3) is 0.583. The van der Waals surface area contributed by atoms with Crippen molar-refractivity contribution in [2.24, 2.45) is 11.8 Å². The third-order valence-electron chi connectivity index (χ3n) is 3.00. The molecule has 3 nitrogen and oxygen atoms in total. The lowest BCUT2D eigenvalue weighted by Crippen LogP contribution is -2.12. The molecule has 1 heterocycles. The zero-order valence-corrected chi connectivity index (χ0v) is 9.36. The summed E-state index contributed by atoms with van der Waals surface area (Å²) in [7, 11) is 1.64. The second-order valence-electron chi connectivity index (χ2n) is 4.28. The van der Waals surface area contributed by atoms with Crippen molar-refractivity contribution in [3.8, 4) is 5.88 Å². The predicted molar refractivity (Wildman–Crippen MR) is 61.2 cm³/mol. The molecule has 0 spiro atoms. The zero-order chi connectivity index (χ0) is 10.7. The van der Waals surface area contributed by atoms with E-state index in [0.29, 0.717) is 5.88 Å². The number of aromatic nitrogens is 1. The summed E-state index contributed by atoms with van der Waals surface area (Å²) >= 11 is 0. The largest absolute Gasteiger partial charge is 0.481 e. The highest BCUT2D eigenvalue weighted by Gasteiger charge is 2.27. The van der Waals surface area contributed by atoms with Crippen LogP contribution in [0.25, 0.3) is 0 Å². The summed E-state index contributed by atoms with van der Waals surface area (Å²) in [6, 6.07) is 3.90. The second-order valence-corrected chi connectivity index (χ2v) is 4.28. The number of pyridine rings is 1. The van der Waals surface area contributed by atoms with E-state index in [9.17, 15) is 0 Å². The van der Waals surface area contributed by atoms with Crippen molar-refractivity contribution < 1.29 is 4.74 Å². The molecule has 1 aromatic heterocycles. The van der Waals surface area contributed by atoms with Crippen LogP contribution in [0.2, 0.25) is 0 Å². The molecule has 82 valence electrons. The Morgan fingerprint density at radius 1 is 1.60 bits per heavy atom. The molecule has 1 atom stereocenters. The number of methoxy groups -OCH3 is 1. The molecule has 2 rings (SSSR count). The van der Waals surface area contributed by atoms with Crippen LogP contribution in [0.3, 0.4) is 0 Å². The van der Waals surface area contributed by atoms with Crippen molar-refractivity contribution in [3.05, 3.63) is 18.3 Å². The van der Waals surface area contributed by atoms with Crippen LogP contribution in [-0.4, -0.2) is 18.6 Å². The van der Waals surface area contributed by atoms with Gasteiger partial charge in [-0.15, -0.1) is 0 Å². The maximum absolute atomic E-state index is 5.07. The van der Waals surface area contributed by atoms with Gasteiger partial charge >= 0.3 is 0 Å². The fourth-order valence-corrected chi connectivity index (χ4v) is 1.74. The first-order valence-corrected chi connectivity index (χ1v) is 5.53. The molecule has 1 aliphatic carbocycles. The van der Waals surface area contributed by atoms with Crippen LogP contribution >= 0.6 is 0 Å². The van der Waals surface area contributed by atoms with Crippen molar-refractivity contribution in [1.29, 1.82) is 0 Å². The van der Waals surface area contributed by atoms with Crippen LogP contribution < -0.4 is 10.1 Å². The summed E-state index contributed by atoms with van der Waals surface area (Å²) < 4.78 is 5.07. The lowest BCUT2D eigenvalue weighted by Gasteiger charge is -2.12. The SMILES string of the molecule is COc1cc(NCC(C)C2CC2)ccn1. The number of nitrogens with zero attached hydrogens (tertiary/aromatic N) is 1. The summed E-state index contributed by atoms with van der Waals surface area (Å²) in [5, 5.41) is 3.42. The number of ether oxygens (including phenoxy) is 1. The van der Waals surface area contributed by atoms with Gasteiger partial charge in [0.25, 0.3) is 0 Å². The van der Waals surface area contributed by atoms with Gasteiger partial charge in [-0.1, -0.05) is 6.92 Å². The maximum atomic E-state index is 5.07. The second kappa shape index (κ2) is 4.51. The Balaban J connectivity index is 1.86. The van der Waals surface area contributed by atoms with Gasteiger partial charge in [0.05, 0.1) is 7.11 Å². The zero-order valence-electron chi connectivity index (χ0n) is 9.36. The standard InChI is InChI=1S/C12H18N2O/c1-9(10-3-4-10)8-14-11-5-6-13-12(7-11)15-2/h5-7,9-10H,3-4,8H2,1-2H3,(H,13,14). The quantitative estimate of drug-likeness (QED) is 0.804. The molecule has 0 saturated heterocycles. The van der Waals surface area contributed by atoms with Gasteiger partial charge in [-0.25, -0.2) is 4.98 Å². The lowest BCUT2D eigenvalue weighted by molar-refractivity contribution is 0.398. The third-order valence-corrected chi connectivity index (χ3v) is 3.00. The Morgan fingerprint density at radius 3 is 3.07 bits per heavy atom. The van der Waals surface area contributed by atoms with Gasteiger partial charge in [0.15, 0.2) is 0 Å². The first kappa shape index (κ1) is 10.3. The Labute approximate surface area is 90.9 Å². The van der Waals surface area contributed by atoms with E-state index in [2.05, 4.69) is 17.2 Å². The highest BCUT2D eigenvalue weighted by molar-refractivity contribution is 5.44.